The van der Waals surface area contributed by atoms with Gasteiger partial charge in [0.15, 0.2) is 5.54 Å². The van der Waals surface area contributed by atoms with Crippen LogP contribution in [-0.2, 0) is 19.1 Å². The Morgan fingerprint density at radius 2 is 1.80 bits per heavy atom. The standard InChI is InChI=1S/C13H24N2O5/c1-4-8-14-10(16)6-5-7-11(17)15-13(2,9-20-3)12(18)19/h4-9H2,1-3H3,(H,14,16)(H,15,17)(H,18,19). The van der Waals surface area contributed by atoms with E-state index < -0.39 is 17.4 Å². The van der Waals surface area contributed by atoms with Crippen molar-refractivity contribution in [1.82, 2.24) is 10.6 Å². The lowest BCUT2D eigenvalue weighted by molar-refractivity contribution is -0.149. The quantitative estimate of drug-likeness (QED) is 0.536. The highest BCUT2D eigenvalue weighted by Crippen LogP contribution is 2.06. The van der Waals surface area contributed by atoms with Crippen molar-refractivity contribution in [2.45, 2.75) is 45.1 Å². The molecule has 7 nitrogen and oxygen atoms in total. The topological polar surface area (TPSA) is 105 Å². The van der Waals surface area contributed by atoms with Gasteiger partial charge in [-0.2, -0.15) is 0 Å². The van der Waals surface area contributed by atoms with Crippen molar-refractivity contribution in [1.29, 1.82) is 0 Å². The molecule has 0 aromatic carbocycles. The number of nitrogens with one attached hydrogen (secondary N) is 2. The zero-order valence-corrected chi connectivity index (χ0v) is 12.3. The van der Waals surface area contributed by atoms with Gasteiger partial charge < -0.3 is 20.5 Å². The Morgan fingerprint density at radius 1 is 1.20 bits per heavy atom. The summed E-state index contributed by atoms with van der Waals surface area (Å²) in [4.78, 5) is 34.1. The Hall–Kier alpha value is -1.63. The van der Waals surface area contributed by atoms with Gasteiger partial charge >= 0.3 is 5.97 Å². The molecule has 0 saturated heterocycles. The first-order valence-electron chi connectivity index (χ1n) is 6.65. The van der Waals surface area contributed by atoms with Crippen molar-refractivity contribution >= 4 is 17.8 Å². The van der Waals surface area contributed by atoms with Crippen molar-refractivity contribution in [3.8, 4) is 0 Å². The molecule has 0 fully saturated rings. The number of aliphatic carboxylic acids is 1. The third-order valence-corrected chi connectivity index (χ3v) is 2.70. The summed E-state index contributed by atoms with van der Waals surface area (Å²) in [6.45, 7) is 3.84. The van der Waals surface area contributed by atoms with Crippen molar-refractivity contribution in [3.63, 3.8) is 0 Å². The second-order valence-electron chi connectivity index (χ2n) is 4.82. The number of amides is 2. The van der Waals surface area contributed by atoms with Gasteiger partial charge in [-0.15, -0.1) is 0 Å². The lowest BCUT2D eigenvalue weighted by atomic mass is 10.0. The molecule has 7 heteroatoms. The number of carboxylic acids is 1. The Morgan fingerprint density at radius 3 is 2.30 bits per heavy atom. The van der Waals surface area contributed by atoms with Crippen LogP contribution in [0.25, 0.3) is 0 Å². The second-order valence-corrected chi connectivity index (χ2v) is 4.82. The van der Waals surface area contributed by atoms with Crippen LogP contribution >= 0.6 is 0 Å². The van der Waals surface area contributed by atoms with Crippen LogP contribution in [0.1, 0.15) is 39.5 Å². The molecule has 0 rings (SSSR count). The summed E-state index contributed by atoms with van der Waals surface area (Å²) in [6.07, 6.45) is 1.60. The van der Waals surface area contributed by atoms with Gasteiger partial charge in [0, 0.05) is 26.5 Å². The van der Waals surface area contributed by atoms with E-state index in [0.717, 1.165) is 6.42 Å². The van der Waals surface area contributed by atoms with Crippen molar-refractivity contribution in [3.05, 3.63) is 0 Å². The van der Waals surface area contributed by atoms with E-state index in [1.807, 2.05) is 6.92 Å². The molecule has 0 heterocycles. The molecule has 1 atom stereocenters. The molecule has 0 radical (unpaired) electrons. The first-order chi connectivity index (χ1) is 9.35. The van der Waals surface area contributed by atoms with Crippen LogP contribution < -0.4 is 10.6 Å². The van der Waals surface area contributed by atoms with Gasteiger partial charge in [0.25, 0.3) is 0 Å². The molecule has 3 N–H and O–H groups in total. The van der Waals surface area contributed by atoms with Gasteiger partial charge in [-0.3, -0.25) is 9.59 Å². The lowest BCUT2D eigenvalue weighted by Crippen LogP contribution is -2.55. The summed E-state index contributed by atoms with van der Waals surface area (Å²) in [5.41, 5.74) is -1.45. The predicted molar refractivity (Wildman–Crippen MR) is 73.2 cm³/mol. The molecule has 0 aliphatic carbocycles. The first-order valence-corrected chi connectivity index (χ1v) is 6.65. The highest BCUT2D eigenvalue weighted by atomic mass is 16.5. The molecule has 116 valence electrons. The minimum atomic E-state index is -1.45. The summed E-state index contributed by atoms with van der Waals surface area (Å²) in [7, 11) is 1.37. The maximum Gasteiger partial charge on any atom is 0.331 e. The minimum Gasteiger partial charge on any atom is -0.479 e. The lowest BCUT2D eigenvalue weighted by Gasteiger charge is -2.25. The summed E-state index contributed by atoms with van der Waals surface area (Å²) >= 11 is 0. The zero-order chi connectivity index (χ0) is 15.6. The maximum absolute atomic E-state index is 11.7. The fourth-order valence-corrected chi connectivity index (χ4v) is 1.57. The molecule has 1 unspecified atom stereocenters. The number of hydrogen-bond acceptors (Lipinski definition) is 4. The van der Waals surface area contributed by atoms with Gasteiger partial charge in [-0.25, -0.2) is 4.79 Å². The van der Waals surface area contributed by atoms with E-state index in [-0.39, 0.29) is 25.4 Å². The average molecular weight is 288 g/mol. The van der Waals surface area contributed by atoms with E-state index >= 15 is 0 Å². The number of ether oxygens (including phenoxy) is 1. The van der Waals surface area contributed by atoms with E-state index in [2.05, 4.69) is 10.6 Å². The van der Waals surface area contributed by atoms with Gasteiger partial charge in [-0.05, 0) is 19.8 Å². The number of hydrogen-bond donors (Lipinski definition) is 3. The first kappa shape index (κ1) is 18.4. The zero-order valence-electron chi connectivity index (χ0n) is 12.3. The SMILES string of the molecule is CCCNC(=O)CCCC(=O)NC(C)(COC)C(=O)O. The van der Waals surface area contributed by atoms with Gasteiger partial charge in [0.2, 0.25) is 11.8 Å². The van der Waals surface area contributed by atoms with E-state index in [4.69, 9.17) is 9.84 Å². The van der Waals surface area contributed by atoms with Crippen LogP contribution in [0.3, 0.4) is 0 Å². The average Bonchev–Trinajstić information content (AvgIpc) is 2.36. The second kappa shape index (κ2) is 9.30. The fourth-order valence-electron chi connectivity index (χ4n) is 1.57. The normalized spacial score (nSPS) is 13.3. The van der Waals surface area contributed by atoms with Crippen LogP contribution in [-0.4, -0.2) is 48.7 Å². The van der Waals surface area contributed by atoms with E-state index in [9.17, 15) is 14.4 Å². The van der Waals surface area contributed by atoms with Crippen molar-refractivity contribution in [2.75, 3.05) is 20.3 Å². The van der Waals surface area contributed by atoms with Gasteiger partial charge in [-0.1, -0.05) is 6.92 Å². The van der Waals surface area contributed by atoms with E-state index in [1.54, 1.807) is 0 Å². The van der Waals surface area contributed by atoms with Crippen LogP contribution in [0.2, 0.25) is 0 Å². The minimum absolute atomic E-state index is 0.0995. The molecule has 0 aliphatic heterocycles. The van der Waals surface area contributed by atoms with Crippen LogP contribution in [0, 0.1) is 0 Å². The Kier molecular flexibility index (Phi) is 8.54. The van der Waals surface area contributed by atoms with Gasteiger partial charge in [0.1, 0.15) is 0 Å². The van der Waals surface area contributed by atoms with Crippen LogP contribution in [0.5, 0.6) is 0 Å². The third-order valence-electron chi connectivity index (χ3n) is 2.70. The van der Waals surface area contributed by atoms with Gasteiger partial charge in [0.05, 0.1) is 6.61 Å². The number of methoxy groups -OCH3 is 1. The highest BCUT2D eigenvalue weighted by molar-refractivity contribution is 5.87. The summed E-state index contributed by atoms with van der Waals surface area (Å²) in [5, 5.41) is 14.2. The Balaban J connectivity index is 4.09. The smallest absolute Gasteiger partial charge is 0.331 e. The summed E-state index contributed by atoms with van der Waals surface area (Å²) in [6, 6.07) is 0. The monoisotopic (exact) mass is 288 g/mol. The summed E-state index contributed by atoms with van der Waals surface area (Å²) in [5.74, 6) is -1.67. The molecule has 0 aromatic rings. The number of rotatable bonds is 10. The Labute approximate surface area is 119 Å². The molecule has 0 bridgehead atoms. The molecular weight excluding hydrogens is 264 g/mol. The molecule has 0 spiro atoms. The van der Waals surface area contributed by atoms with E-state index in [0.29, 0.717) is 13.0 Å². The van der Waals surface area contributed by atoms with Crippen LogP contribution in [0.15, 0.2) is 0 Å². The fraction of sp³-hybridized carbons (Fsp3) is 0.769. The Bertz CT molecular complexity index is 346. The third kappa shape index (κ3) is 7.08. The van der Waals surface area contributed by atoms with Crippen molar-refractivity contribution in [2.24, 2.45) is 0 Å². The molecule has 0 saturated carbocycles. The highest BCUT2D eigenvalue weighted by Gasteiger charge is 2.34. The number of carboxylic acid groups (broad SMARTS) is 1. The molecule has 2 amide bonds. The predicted octanol–water partition coefficient (Wildman–Crippen LogP) is 0.289. The van der Waals surface area contributed by atoms with E-state index in [1.165, 1.54) is 14.0 Å². The molecule has 0 aliphatic rings. The number of carbonyl (C=O) groups excluding carboxylic acids is 2. The molecule has 20 heavy (non-hydrogen) atoms. The number of carbonyl (C=O) groups is 3. The van der Waals surface area contributed by atoms with Crippen LogP contribution in [0.4, 0.5) is 0 Å². The van der Waals surface area contributed by atoms with Crippen molar-refractivity contribution < 1.29 is 24.2 Å². The molecule has 0 aromatic heterocycles. The summed E-state index contributed by atoms with van der Waals surface area (Å²) < 4.78 is 4.80. The largest absolute Gasteiger partial charge is 0.479 e. The maximum atomic E-state index is 11.7. The molecular formula is C13H24N2O5.